The minimum Gasteiger partial charge on any atom is -0.481 e. The van der Waals surface area contributed by atoms with E-state index < -0.39 is 17.9 Å². The van der Waals surface area contributed by atoms with Crippen LogP contribution in [0.15, 0.2) is 36.4 Å². The molecule has 2 unspecified atom stereocenters. The van der Waals surface area contributed by atoms with E-state index in [1.807, 2.05) is 62.9 Å². The normalized spacial score (nSPS) is 23.2. The average molecular weight is 607 g/mol. The fourth-order valence-corrected chi connectivity index (χ4v) is 6.25. The second kappa shape index (κ2) is 13.2. The number of carbonyl (C=O) groups excluding carboxylic acids is 3. The quantitative estimate of drug-likeness (QED) is 0.390. The van der Waals surface area contributed by atoms with Gasteiger partial charge in [-0.2, -0.15) is 0 Å². The molecule has 2 aromatic rings. The Morgan fingerprint density at radius 3 is 2.36 bits per heavy atom. The molecule has 12 heteroatoms. The highest BCUT2D eigenvalue weighted by molar-refractivity contribution is 5.97. The molecule has 4 atom stereocenters. The first-order chi connectivity index (χ1) is 21.1. The summed E-state index contributed by atoms with van der Waals surface area (Å²) in [5.41, 5.74) is 0.878. The van der Waals surface area contributed by atoms with Crippen LogP contribution in [0.4, 0.5) is 10.6 Å². The van der Waals surface area contributed by atoms with Gasteiger partial charge in [-0.1, -0.05) is 57.5 Å². The van der Waals surface area contributed by atoms with Crippen molar-refractivity contribution in [3.8, 4) is 11.4 Å². The highest BCUT2D eigenvalue weighted by atomic mass is 16.6. The predicted octanol–water partition coefficient (Wildman–Crippen LogP) is 3.13. The number of aliphatic carboxylic acids is 1. The molecule has 2 aliphatic heterocycles. The van der Waals surface area contributed by atoms with Gasteiger partial charge in [-0.05, 0) is 31.1 Å². The van der Waals surface area contributed by atoms with Crippen LogP contribution >= 0.6 is 0 Å². The lowest BCUT2D eigenvalue weighted by Crippen LogP contribution is -2.60. The maximum atomic E-state index is 13.7. The Hall–Kier alpha value is -4.22. The van der Waals surface area contributed by atoms with Gasteiger partial charge in [-0.25, -0.2) is 14.8 Å². The summed E-state index contributed by atoms with van der Waals surface area (Å²) in [6, 6.07) is 9.94. The van der Waals surface area contributed by atoms with Crippen LogP contribution < -0.4 is 10.2 Å². The highest BCUT2D eigenvalue weighted by Crippen LogP contribution is 2.52. The van der Waals surface area contributed by atoms with Gasteiger partial charge in [-0.3, -0.25) is 14.4 Å². The van der Waals surface area contributed by atoms with E-state index in [0.29, 0.717) is 51.0 Å². The van der Waals surface area contributed by atoms with Gasteiger partial charge in [0.05, 0.1) is 12.5 Å². The van der Waals surface area contributed by atoms with E-state index in [0.717, 1.165) is 18.4 Å². The minimum absolute atomic E-state index is 0.0731. The number of hydrogen-bond acceptors (Lipinski definition) is 8. The van der Waals surface area contributed by atoms with E-state index in [1.165, 1.54) is 0 Å². The molecule has 2 saturated heterocycles. The monoisotopic (exact) mass is 606 g/mol. The van der Waals surface area contributed by atoms with Crippen LogP contribution in [0.5, 0.6) is 0 Å². The number of carbonyl (C=O) groups is 4. The van der Waals surface area contributed by atoms with Crippen molar-refractivity contribution in [3.05, 3.63) is 42.1 Å². The topological polar surface area (TPSA) is 145 Å². The Balaban J connectivity index is 1.30. The average Bonchev–Trinajstić information content (AvgIpc) is 3.53. The first kappa shape index (κ1) is 31.2. The number of unbranched alkanes of at least 4 members (excludes halogenated alkanes) is 1. The minimum atomic E-state index is -0.799. The Morgan fingerprint density at radius 1 is 1.05 bits per heavy atom. The van der Waals surface area contributed by atoms with Gasteiger partial charge in [0.15, 0.2) is 5.82 Å². The zero-order valence-electron chi connectivity index (χ0n) is 25.8. The van der Waals surface area contributed by atoms with E-state index in [2.05, 4.69) is 10.3 Å². The van der Waals surface area contributed by atoms with Crippen LogP contribution in [-0.4, -0.2) is 100 Å². The van der Waals surface area contributed by atoms with Crippen molar-refractivity contribution in [1.29, 1.82) is 0 Å². The number of rotatable bonds is 10. The van der Waals surface area contributed by atoms with Crippen molar-refractivity contribution in [2.75, 3.05) is 44.2 Å². The Bertz CT molecular complexity index is 1370. The SMILES string of the molecule is CCCCOC(=O)N1CCN(C(=O)[C@@H](NC(=O)c2cc(N3CC4C(C3)C4C(=O)O)nc(-c3ccccc3)n2)C(C)C)C[C@H]1C. The van der Waals surface area contributed by atoms with Crippen molar-refractivity contribution in [1.82, 2.24) is 25.1 Å². The van der Waals surface area contributed by atoms with Gasteiger partial charge in [0.25, 0.3) is 5.91 Å². The van der Waals surface area contributed by atoms with Gasteiger partial charge in [0.2, 0.25) is 5.91 Å². The number of nitrogens with zero attached hydrogens (tertiary/aromatic N) is 5. The number of aromatic nitrogens is 2. The lowest BCUT2D eigenvalue weighted by atomic mass is 10.0. The smallest absolute Gasteiger partial charge is 0.410 e. The van der Waals surface area contributed by atoms with Crippen molar-refractivity contribution in [2.45, 2.75) is 52.6 Å². The number of hydrogen-bond donors (Lipinski definition) is 2. The summed E-state index contributed by atoms with van der Waals surface area (Å²) in [7, 11) is 0. The number of amides is 3. The van der Waals surface area contributed by atoms with Crippen molar-refractivity contribution in [3.63, 3.8) is 0 Å². The standard InChI is InChI=1S/C32H42N6O6/c1-5-6-14-44-32(43)38-13-12-36(16-20(38)4)30(40)27(19(2)3)35-29(39)24-15-25(34-28(33-24)21-10-8-7-9-11-21)37-17-22-23(18-37)26(22)31(41)42/h7-11,15,19-20,22-23,26-27H,5-6,12-14,16-18H2,1-4H3,(H,35,39)(H,41,42)/t20-,22?,23?,26?,27+/m1/s1. The molecule has 1 aromatic heterocycles. The maximum absolute atomic E-state index is 13.7. The van der Waals surface area contributed by atoms with Crippen molar-refractivity contribution < 1.29 is 29.0 Å². The summed E-state index contributed by atoms with van der Waals surface area (Å²) >= 11 is 0. The fraction of sp³-hybridized carbons (Fsp3) is 0.562. The number of ether oxygens (including phenoxy) is 1. The summed E-state index contributed by atoms with van der Waals surface area (Å²) in [4.78, 5) is 66.1. The zero-order chi connectivity index (χ0) is 31.5. The van der Waals surface area contributed by atoms with Gasteiger partial charge < -0.3 is 29.9 Å². The van der Waals surface area contributed by atoms with E-state index in [-0.39, 0.29) is 47.4 Å². The summed E-state index contributed by atoms with van der Waals surface area (Å²) in [5.74, 6) is -0.901. The molecule has 2 N–H and O–H groups in total. The molecular formula is C32H42N6O6. The first-order valence-corrected chi connectivity index (χ1v) is 15.5. The van der Waals surface area contributed by atoms with Crippen LogP contribution in [0.25, 0.3) is 11.4 Å². The van der Waals surface area contributed by atoms with Crippen LogP contribution in [0.2, 0.25) is 0 Å². The number of nitrogens with one attached hydrogen (secondary N) is 1. The number of carboxylic acid groups (broad SMARTS) is 1. The molecule has 1 saturated carbocycles. The summed E-state index contributed by atoms with van der Waals surface area (Å²) in [6.45, 7) is 10.2. The van der Waals surface area contributed by atoms with Crippen molar-refractivity contribution in [2.24, 2.45) is 23.7 Å². The number of fused-ring (bicyclic) bond motifs is 1. The second-order valence-electron chi connectivity index (χ2n) is 12.4. The number of piperazine rings is 1. The van der Waals surface area contributed by atoms with Crippen LogP contribution in [0, 0.1) is 23.7 Å². The number of benzene rings is 1. The first-order valence-electron chi connectivity index (χ1n) is 15.5. The largest absolute Gasteiger partial charge is 0.481 e. The van der Waals surface area contributed by atoms with Crippen molar-refractivity contribution >= 4 is 29.7 Å². The molecular weight excluding hydrogens is 564 g/mol. The Kier molecular flexibility index (Phi) is 9.36. The van der Waals surface area contributed by atoms with Crippen LogP contribution in [-0.2, 0) is 14.3 Å². The molecule has 3 aliphatic rings. The van der Waals surface area contributed by atoms with E-state index >= 15 is 0 Å². The lowest BCUT2D eigenvalue weighted by molar-refractivity contribution is -0.139. The summed E-state index contributed by atoms with van der Waals surface area (Å²) in [6.07, 6.45) is 1.37. The molecule has 0 radical (unpaired) electrons. The van der Waals surface area contributed by atoms with Gasteiger partial charge in [0, 0.05) is 50.4 Å². The molecule has 0 bridgehead atoms. The third-order valence-corrected chi connectivity index (χ3v) is 8.90. The molecule has 44 heavy (non-hydrogen) atoms. The number of piperidine rings is 1. The number of carboxylic acids is 1. The second-order valence-corrected chi connectivity index (χ2v) is 12.4. The lowest BCUT2D eigenvalue weighted by Gasteiger charge is -2.40. The molecule has 236 valence electrons. The third kappa shape index (κ3) is 6.63. The summed E-state index contributed by atoms with van der Waals surface area (Å²) < 4.78 is 5.37. The molecule has 3 amide bonds. The van der Waals surface area contributed by atoms with Gasteiger partial charge >= 0.3 is 12.1 Å². The molecule has 12 nitrogen and oxygen atoms in total. The molecule has 3 fully saturated rings. The Labute approximate surface area is 257 Å². The summed E-state index contributed by atoms with van der Waals surface area (Å²) in [5, 5.41) is 12.4. The number of anilines is 1. The molecule has 5 rings (SSSR count). The van der Waals surface area contributed by atoms with E-state index in [1.54, 1.807) is 15.9 Å². The fourth-order valence-electron chi connectivity index (χ4n) is 6.25. The van der Waals surface area contributed by atoms with Gasteiger partial charge in [0.1, 0.15) is 17.6 Å². The van der Waals surface area contributed by atoms with Crippen LogP contribution in [0.3, 0.4) is 0 Å². The maximum Gasteiger partial charge on any atom is 0.410 e. The molecule has 0 spiro atoms. The third-order valence-electron chi connectivity index (χ3n) is 8.90. The highest BCUT2D eigenvalue weighted by Gasteiger charge is 2.60. The van der Waals surface area contributed by atoms with Crippen LogP contribution in [0.1, 0.15) is 51.0 Å². The molecule has 3 heterocycles. The van der Waals surface area contributed by atoms with Gasteiger partial charge in [-0.15, -0.1) is 0 Å². The molecule has 1 aromatic carbocycles. The zero-order valence-corrected chi connectivity index (χ0v) is 25.8. The van der Waals surface area contributed by atoms with E-state index in [4.69, 9.17) is 9.72 Å². The predicted molar refractivity (Wildman–Crippen MR) is 163 cm³/mol. The Morgan fingerprint density at radius 2 is 1.75 bits per heavy atom. The van der Waals surface area contributed by atoms with E-state index in [9.17, 15) is 24.3 Å². The molecule has 1 aliphatic carbocycles.